The number of carbonyl (C=O) groups is 1. The van der Waals surface area contributed by atoms with E-state index >= 15 is 0 Å². The van der Waals surface area contributed by atoms with Gasteiger partial charge in [0.15, 0.2) is 0 Å². The number of hydrogen-bond acceptors (Lipinski definition) is 5. The standard InChI is InChI=1S/C42H45ClN6O/c1-31-45-40-29-44-24-22-41(40)49(31)30-32-14-16-34(17-15-32)42(50)48(37-11-3-2-4-12-37)27-8-10-36-9-7-13-39(46-36)38(23-28-47-25-5-6-26-47)33-18-20-35(43)21-19-33/h7-9,13-24,27,29,37H,2-6,10-12,25-26,28,30H2,1H3. The predicted molar refractivity (Wildman–Crippen MR) is 202 cm³/mol. The molecule has 0 radical (unpaired) electrons. The first kappa shape index (κ1) is 33.9. The lowest BCUT2D eigenvalue weighted by atomic mass is 9.94. The highest BCUT2D eigenvalue weighted by Crippen LogP contribution is 2.27. The topological polar surface area (TPSA) is 67.2 Å². The molecule has 1 saturated heterocycles. The maximum Gasteiger partial charge on any atom is 0.258 e. The van der Waals surface area contributed by atoms with Crippen molar-refractivity contribution >= 4 is 34.1 Å². The molecule has 1 amide bonds. The minimum atomic E-state index is 0.0478. The molecule has 0 spiro atoms. The van der Waals surface area contributed by atoms with Gasteiger partial charge in [-0.15, -0.1) is 0 Å². The van der Waals surface area contributed by atoms with Crippen molar-refractivity contribution in [2.45, 2.75) is 70.9 Å². The van der Waals surface area contributed by atoms with E-state index in [1.807, 2.05) is 48.4 Å². The molecule has 0 unspecified atom stereocenters. The van der Waals surface area contributed by atoms with Crippen LogP contribution in [0, 0.1) is 6.92 Å². The van der Waals surface area contributed by atoms with Crippen molar-refractivity contribution in [2.75, 3.05) is 19.6 Å². The van der Waals surface area contributed by atoms with Crippen LogP contribution in [0.1, 0.15) is 83.6 Å². The highest BCUT2D eigenvalue weighted by Gasteiger charge is 2.25. The number of rotatable bonds is 11. The van der Waals surface area contributed by atoms with Crippen molar-refractivity contribution in [1.82, 2.24) is 29.3 Å². The number of nitrogens with zero attached hydrogens (tertiary/aromatic N) is 6. The van der Waals surface area contributed by atoms with Gasteiger partial charge in [0.05, 0.1) is 17.4 Å². The van der Waals surface area contributed by atoms with Crippen LogP contribution in [0.3, 0.4) is 0 Å². The monoisotopic (exact) mass is 684 g/mol. The third-order valence-corrected chi connectivity index (χ3v) is 10.3. The van der Waals surface area contributed by atoms with E-state index in [1.165, 1.54) is 19.3 Å². The minimum Gasteiger partial charge on any atom is -0.324 e. The molecule has 1 aliphatic heterocycles. The van der Waals surface area contributed by atoms with Crippen LogP contribution < -0.4 is 0 Å². The van der Waals surface area contributed by atoms with Crippen LogP contribution >= 0.6 is 11.6 Å². The second-order valence-electron chi connectivity index (χ2n) is 13.5. The van der Waals surface area contributed by atoms with Gasteiger partial charge in [0.1, 0.15) is 11.3 Å². The van der Waals surface area contributed by atoms with E-state index in [2.05, 4.69) is 74.1 Å². The van der Waals surface area contributed by atoms with Gasteiger partial charge in [-0.1, -0.05) is 73.3 Å². The van der Waals surface area contributed by atoms with E-state index in [0.717, 1.165) is 95.3 Å². The first-order valence-electron chi connectivity index (χ1n) is 18.0. The molecule has 4 heterocycles. The van der Waals surface area contributed by atoms with Gasteiger partial charge in [0, 0.05) is 59.8 Å². The minimum absolute atomic E-state index is 0.0478. The SMILES string of the molecule is Cc1nc2cnccc2n1Cc1ccc(C(=O)N(C=CCc2cccc(C(=CCN3CCCC3)c3ccc(Cl)cc3)n2)C2CCCCC2)cc1. The second-order valence-corrected chi connectivity index (χ2v) is 14.0. The smallest absolute Gasteiger partial charge is 0.258 e. The Hall–Kier alpha value is -4.59. The van der Waals surface area contributed by atoms with Gasteiger partial charge in [-0.2, -0.15) is 0 Å². The van der Waals surface area contributed by atoms with E-state index in [4.69, 9.17) is 16.6 Å². The maximum absolute atomic E-state index is 14.1. The number of aromatic nitrogens is 4. The summed E-state index contributed by atoms with van der Waals surface area (Å²) >= 11 is 6.24. The molecular formula is C42H45ClN6O. The Bertz CT molecular complexity index is 1970. The molecule has 1 aliphatic carbocycles. The van der Waals surface area contributed by atoms with Gasteiger partial charge in [-0.25, -0.2) is 4.98 Å². The van der Waals surface area contributed by atoms with Crippen LogP contribution in [0.4, 0.5) is 0 Å². The quantitative estimate of drug-likeness (QED) is 0.139. The van der Waals surface area contributed by atoms with Crippen molar-refractivity contribution in [3.8, 4) is 0 Å². The number of allylic oxidation sites excluding steroid dienone is 1. The van der Waals surface area contributed by atoms with Gasteiger partial charge in [0.25, 0.3) is 5.91 Å². The van der Waals surface area contributed by atoms with E-state index in [-0.39, 0.29) is 11.9 Å². The molecule has 50 heavy (non-hydrogen) atoms. The molecule has 2 aliphatic rings. The Morgan fingerprint density at radius 3 is 2.44 bits per heavy atom. The summed E-state index contributed by atoms with van der Waals surface area (Å²) < 4.78 is 2.19. The van der Waals surface area contributed by atoms with Gasteiger partial charge in [-0.3, -0.25) is 19.7 Å². The Kier molecular flexibility index (Phi) is 10.8. The summed E-state index contributed by atoms with van der Waals surface area (Å²) in [4.78, 5) is 32.5. The van der Waals surface area contributed by atoms with Crippen molar-refractivity contribution < 1.29 is 4.79 Å². The molecule has 8 heteroatoms. The third kappa shape index (κ3) is 8.06. The van der Waals surface area contributed by atoms with E-state index in [0.29, 0.717) is 18.5 Å². The highest BCUT2D eigenvalue weighted by atomic mass is 35.5. The number of imidazole rings is 1. The fourth-order valence-electron chi connectivity index (χ4n) is 7.32. The molecule has 0 atom stereocenters. The second kappa shape index (κ2) is 16.0. The first-order chi connectivity index (χ1) is 24.5. The maximum atomic E-state index is 14.1. The number of halogens is 1. The number of carbonyl (C=O) groups excluding carboxylic acids is 1. The molecule has 1 saturated carbocycles. The average Bonchev–Trinajstić information content (AvgIpc) is 3.79. The lowest BCUT2D eigenvalue weighted by molar-refractivity contribution is 0.0737. The third-order valence-electron chi connectivity index (χ3n) is 10.1. The van der Waals surface area contributed by atoms with Crippen LogP contribution in [0.2, 0.25) is 5.02 Å². The van der Waals surface area contributed by atoms with Crippen molar-refractivity contribution in [1.29, 1.82) is 0 Å². The average molecular weight is 685 g/mol. The number of pyridine rings is 2. The zero-order chi connectivity index (χ0) is 34.3. The summed E-state index contributed by atoms with van der Waals surface area (Å²) in [6.07, 6.45) is 18.8. The van der Waals surface area contributed by atoms with E-state index in [9.17, 15) is 4.79 Å². The predicted octanol–water partition coefficient (Wildman–Crippen LogP) is 8.90. The Morgan fingerprint density at radius 2 is 1.66 bits per heavy atom. The molecule has 0 bridgehead atoms. The van der Waals surface area contributed by atoms with Crippen LogP contribution in [0.15, 0.2) is 104 Å². The number of hydrogen-bond donors (Lipinski definition) is 0. The van der Waals surface area contributed by atoms with E-state index < -0.39 is 0 Å². The molecule has 3 aromatic heterocycles. The number of amides is 1. The molecule has 5 aromatic rings. The fourth-order valence-corrected chi connectivity index (χ4v) is 7.44. The molecule has 2 fully saturated rings. The van der Waals surface area contributed by atoms with Crippen molar-refractivity contribution in [2.24, 2.45) is 0 Å². The Morgan fingerprint density at radius 1 is 0.900 bits per heavy atom. The van der Waals surface area contributed by atoms with Crippen LogP contribution in [0.25, 0.3) is 16.6 Å². The summed E-state index contributed by atoms with van der Waals surface area (Å²) in [6, 6.07) is 24.5. The number of fused-ring (bicyclic) bond motifs is 1. The van der Waals surface area contributed by atoms with Crippen LogP contribution in [-0.4, -0.2) is 60.9 Å². The van der Waals surface area contributed by atoms with Gasteiger partial charge < -0.3 is 9.47 Å². The summed E-state index contributed by atoms with van der Waals surface area (Å²) in [5.41, 5.74) is 7.94. The van der Waals surface area contributed by atoms with Gasteiger partial charge in [-0.05, 0) is 99.3 Å². The highest BCUT2D eigenvalue weighted by molar-refractivity contribution is 6.30. The number of likely N-dealkylation sites (tertiary alicyclic amines) is 1. The summed E-state index contributed by atoms with van der Waals surface area (Å²) in [6.45, 7) is 5.89. The largest absolute Gasteiger partial charge is 0.324 e. The van der Waals surface area contributed by atoms with E-state index in [1.54, 1.807) is 12.4 Å². The zero-order valence-electron chi connectivity index (χ0n) is 28.8. The van der Waals surface area contributed by atoms with Gasteiger partial charge in [0.2, 0.25) is 0 Å². The molecule has 256 valence electrons. The fraction of sp³-hybridized carbons (Fsp3) is 0.333. The Labute approximate surface area is 300 Å². The zero-order valence-corrected chi connectivity index (χ0v) is 29.6. The first-order valence-corrected chi connectivity index (χ1v) is 18.4. The van der Waals surface area contributed by atoms with Gasteiger partial charge >= 0.3 is 0 Å². The summed E-state index contributed by atoms with van der Waals surface area (Å²) in [7, 11) is 0. The molecule has 7 nitrogen and oxygen atoms in total. The van der Waals surface area contributed by atoms with Crippen LogP contribution in [0.5, 0.6) is 0 Å². The molecule has 0 N–H and O–H groups in total. The normalized spacial score (nSPS) is 16.1. The summed E-state index contributed by atoms with van der Waals surface area (Å²) in [5, 5.41) is 0.726. The Balaban J connectivity index is 1.08. The van der Waals surface area contributed by atoms with Crippen molar-refractivity contribution in [3.63, 3.8) is 0 Å². The molecule has 7 rings (SSSR count). The lowest BCUT2D eigenvalue weighted by Crippen LogP contribution is -2.37. The number of aryl methyl sites for hydroxylation is 1. The lowest BCUT2D eigenvalue weighted by Gasteiger charge is -2.32. The molecule has 2 aromatic carbocycles. The molecular weight excluding hydrogens is 640 g/mol. The number of benzene rings is 2. The summed E-state index contributed by atoms with van der Waals surface area (Å²) in [5.74, 6) is 0.993. The van der Waals surface area contributed by atoms with Crippen LogP contribution in [-0.2, 0) is 13.0 Å². The van der Waals surface area contributed by atoms with Crippen molar-refractivity contribution in [3.05, 3.63) is 142 Å².